The van der Waals surface area contributed by atoms with Crippen molar-refractivity contribution < 1.29 is 31.2 Å². The third kappa shape index (κ3) is 5.33. The average Bonchev–Trinajstić information content (AvgIpc) is 2.76. The van der Waals surface area contributed by atoms with E-state index in [2.05, 4.69) is 10.2 Å². The quantitative estimate of drug-likeness (QED) is 0.698. The number of hydrogen-bond acceptors (Lipinski definition) is 5. The minimum Gasteiger partial charge on any atom is -0.368 e. The smallest absolute Gasteiger partial charge is 0.368 e. The van der Waals surface area contributed by atoms with E-state index in [9.17, 15) is 31.2 Å². The van der Waals surface area contributed by atoms with Crippen LogP contribution in [0, 0.1) is 0 Å². The van der Waals surface area contributed by atoms with Gasteiger partial charge >= 0.3 is 5.51 Å². The first-order chi connectivity index (χ1) is 15.0. The summed E-state index contributed by atoms with van der Waals surface area (Å²) in [6.45, 7) is 1.79. The summed E-state index contributed by atoms with van der Waals surface area (Å²) in [5, 5.41) is 3.02. The zero-order valence-electron chi connectivity index (χ0n) is 16.6. The number of carbonyl (C=O) groups is 2. The first kappa shape index (κ1) is 23.9. The van der Waals surface area contributed by atoms with Crippen LogP contribution >= 0.6 is 11.6 Å². The highest BCUT2D eigenvalue weighted by atomic mass is 35.5. The van der Waals surface area contributed by atoms with Crippen LogP contribution in [0.25, 0.3) is 0 Å². The van der Waals surface area contributed by atoms with Gasteiger partial charge in [0.15, 0.2) is 0 Å². The van der Waals surface area contributed by atoms with Gasteiger partial charge in [-0.05, 0) is 42.5 Å². The van der Waals surface area contributed by atoms with Crippen LogP contribution in [-0.2, 0) is 14.6 Å². The Balaban J connectivity index is 1.51. The summed E-state index contributed by atoms with van der Waals surface area (Å²) in [7, 11) is -5.49. The molecular weight excluding hydrogens is 471 g/mol. The zero-order chi connectivity index (χ0) is 23.5. The molecule has 1 fully saturated rings. The van der Waals surface area contributed by atoms with Crippen LogP contribution in [-0.4, -0.2) is 63.4 Å². The lowest BCUT2D eigenvalue weighted by Crippen LogP contribution is -2.51. The van der Waals surface area contributed by atoms with Gasteiger partial charge < -0.3 is 15.1 Å². The van der Waals surface area contributed by atoms with E-state index in [0.29, 0.717) is 43.3 Å². The maximum atomic E-state index is 12.6. The Labute approximate surface area is 187 Å². The minimum atomic E-state index is -5.49. The Bertz CT molecular complexity index is 1100. The molecule has 0 unspecified atom stereocenters. The first-order valence-corrected chi connectivity index (χ1v) is 11.3. The second-order valence-corrected chi connectivity index (χ2v) is 9.38. The molecule has 0 saturated carbocycles. The van der Waals surface area contributed by atoms with E-state index < -0.39 is 26.1 Å². The highest BCUT2D eigenvalue weighted by Gasteiger charge is 2.46. The number of rotatable bonds is 5. The summed E-state index contributed by atoms with van der Waals surface area (Å²) in [6.07, 6.45) is 0. The van der Waals surface area contributed by atoms with Gasteiger partial charge in [-0.2, -0.15) is 13.2 Å². The van der Waals surface area contributed by atoms with Crippen molar-refractivity contribution in [3.63, 3.8) is 0 Å². The Morgan fingerprint density at radius 2 is 1.62 bits per heavy atom. The largest absolute Gasteiger partial charge is 0.501 e. The lowest BCUT2D eigenvalue weighted by Gasteiger charge is -2.36. The van der Waals surface area contributed by atoms with Crippen molar-refractivity contribution in [3.8, 4) is 0 Å². The Morgan fingerprint density at radius 3 is 2.19 bits per heavy atom. The van der Waals surface area contributed by atoms with Crippen LogP contribution in [0.1, 0.15) is 10.4 Å². The number of hydrogen-bond donors (Lipinski definition) is 1. The van der Waals surface area contributed by atoms with Crippen LogP contribution < -0.4 is 10.2 Å². The summed E-state index contributed by atoms with van der Waals surface area (Å²) in [6, 6.07) is 10.7. The van der Waals surface area contributed by atoms with E-state index in [1.807, 2.05) is 18.2 Å². The molecule has 3 rings (SSSR count). The van der Waals surface area contributed by atoms with Crippen molar-refractivity contribution in [2.24, 2.45) is 0 Å². The van der Waals surface area contributed by atoms with Crippen LogP contribution in [0.15, 0.2) is 53.4 Å². The molecule has 1 aliphatic rings. The van der Waals surface area contributed by atoms with Gasteiger partial charge in [-0.1, -0.05) is 17.7 Å². The average molecular weight is 490 g/mol. The fraction of sp³-hybridized carbons (Fsp3) is 0.300. The van der Waals surface area contributed by atoms with E-state index in [1.165, 1.54) is 0 Å². The monoisotopic (exact) mass is 489 g/mol. The molecule has 7 nitrogen and oxygen atoms in total. The van der Waals surface area contributed by atoms with Crippen LogP contribution in [0.4, 0.5) is 18.9 Å². The third-order valence-corrected chi connectivity index (χ3v) is 6.67. The van der Waals surface area contributed by atoms with Gasteiger partial charge in [0.1, 0.15) is 0 Å². The Kier molecular flexibility index (Phi) is 6.99. The number of sulfone groups is 1. The fourth-order valence-electron chi connectivity index (χ4n) is 3.18. The molecule has 2 amide bonds. The molecule has 0 aliphatic carbocycles. The molecular formula is C20H19ClF3N3O4S. The summed E-state index contributed by atoms with van der Waals surface area (Å²) >= 11 is 6.00. The molecule has 1 aliphatic heterocycles. The maximum absolute atomic E-state index is 12.6. The SMILES string of the molecule is O=C(NCC(=O)N1CCN(c2cccc(Cl)c2)CC1)c1ccc(S(=O)(=O)C(F)(F)F)cc1. The Hall–Kier alpha value is -2.79. The van der Waals surface area contributed by atoms with Gasteiger partial charge in [0.2, 0.25) is 5.91 Å². The molecule has 1 saturated heterocycles. The number of nitrogens with one attached hydrogen (secondary N) is 1. The number of piperazine rings is 1. The summed E-state index contributed by atoms with van der Waals surface area (Å²) in [5.41, 5.74) is -4.54. The summed E-state index contributed by atoms with van der Waals surface area (Å²) in [5.74, 6) is -1.01. The van der Waals surface area contributed by atoms with E-state index in [-0.39, 0.29) is 18.0 Å². The van der Waals surface area contributed by atoms with E-state index in [4.69, 9.17) is 11.6 Å². The molecule has 0 spiro atoms. The second-order valence-electron chi connectivity index (χ2n) is 7.00. The lowest BCUT2D eigenvalue weighted by molar-refractivity contribution is -0.130. The third-order valence-electron chi connectivity index (χ3n) is 4.94. The standard InChI is InChI=1S/C20H19ClF3N3O4S/c21-15-2-1-3-16(12-15)26-8-10-27(11-9-26)18(28)13-25-19(29)14-4-6-17(7-5-14)32(30,31)20(22,23)24/h1-7,12H,8-11,13H2,(H,25,29). The van der Waals surface area contributed by atoms with E-state index in [0.717, 1.165) is 17.8 Å². The van der Waals surface area contributed by atoms with Crippen molar-refractivity contribution in [1.82, 2.24) is 10.2 Å². The van der Waals surface area contributed by atoms with Crippen molar-refractivity contribution in [1.29, 1.82) is 0 Å². The highest BCUT2D eigenvalue weighted by Crippen LogP contribution is 2.30. The molecule has 2 aromatic rings. The highest BCUT2D eigenvalue weighted by molar-refractivity contribution is 7.92. The number of alkyl halides is 3. The zero-order valence-corrected chi connectivity index (χ0v) is 18.2. The molecule has 2 aromatic carbocycles. The van der Waals surface area contributed by atoms with Crippen LogP contribution in [0.5, 0.6) is 0 Å². The van der Waals surface area contributed by atoms with E-state index in [1.54, 1.807) is 11.0 Å². The molecule has 172 valence electrons. The molecule has 1 heterocycles. The van der Waals surface area contributed by atoms with Gasteiger partial charge in [-0.3, -0.25) is 9.59 Å². The molecule has 0 aromatic heterocycles. The molecule has 0 atom stereocenters. The first-order valence-electron chi connectivity index (χ1n) is 9.47. The van der Waals surface area contributed by atoms with Crippen molar-refractivity contribution >= 4 is 38.9 Å². The molecule has 32 heavy (non-hydrogen) atoms. The number of amides is 2. The maximum Gasteiger partial charge on any atom is 0.501 e. The molecule has 0 bridgehead atoms. The predicted molar refractivity (Wildman–Crippen MR) is 112 cm³/mol. The number of carbonyl (C=O) groups excluding carboxylic acids is 2. The Morgan fingerprint density at radius 1 is 1.00 bits per heavy atom. The normalized spacial score (nSPS) is 14.9. The second kappa shape index (κ2) is 9.37. The summed E-state index contributed by atoms with van der Waals surface area (Å²) < 4.78 is 60.5. The van der Waals surface area contributed by atoms with Crippen molar-refractivity contribution in [3.05, 3.63) is 59.1 Å². The molecule has 12 heteroatoms. The molecule has 1 N–H and O–H groups in total. The lowest BCUT2D eigenvalue weighted by atomic mass is 10.2. The van der Waals surface area contributed by atoms with Crippen molar-refractivity contribution in [2.75, 3.05) is 37.6 Å². The van der Waals surface area contributed by atoms with Crippen LogP contribution in [0.2, 0.25) is 5.02 Å². The van der Waals surface area contributed by atoms with Gasteiger partial charge in [0, 0.05) is 42.5 Å². The number of benzene rings is 2. The predicted octanol–water partition coefficient (Wildman–Crippen LogP) is 2.71. The van der Waals surface area contributed by atoms with Crippen LogP contribution in [0.3, 0.4) is 0 Å². The summed E-state index contributed by atoms with van der Waals surface area (Å²) in [4.78, 5) is 27.3. The number of anilines is 1. The number of halogens is 4. The minimum absolute atomic E-state index is 0.0651. The number of nitrogens with zero attached hydrogens (tertiary/aromatic N) is 2. The van der Waals surface area contributed by atoms with Crippen molar-refractivity contribution in [2.45, 2.75) is 10.4 Å². The van der Waals surface area contributed by atoms with Gasteiger partial charge in [0.05, 0.1) is 11.4 Å². The van der Waals surface area contributed by atoms with E-state index >= 15 is 0 Å². The van der Waals surface area contributed by atoms with Gasteiger partial charge in [0.25, 0.3) is 15.7 Å². The van der Waals surface area contributed by atoms with Gasteiger partial charge in [-0.25, -0.2) is 8.42 Å². The topological polar surface area (TPSA) is 86.8 Å². The molecule has 0 radical (unpaired) electrons. The fourth-order valence-corrected chi connectivity index (χ4v) is 4.12. The van der Waals surface area contributed by atoms with Gasteiger partial charge in [-0.15, -0.1) is 0 Å².